The van der Waals surface area contributed by atoms with E-state index in [2.05, 4.69) is 0 Å². The Labute approximate surface area is 210 Å². The second-order valence-corrected chi connectivity index (χ2v) is 8.16. The summed E-state index contributed by atoms with van der Waals surface area (Å²) in [5, 5.41) is 11.0. The number of para-hydroxylation sites is 2. The number of anilines is 2. The zero-order valence-corrected chi connectivity index (χ0v) is 19.4. The van der Waals surface area contributed by atoms with Gasteiger partial charge in [-0.2, -0.15) is 0 Å². The van der Waals surface area contributed by atoms with Crippen molar-refractivity contribution in [2.24, 2.45) is 0 Å². The summed E-state index contributed by atoms with van der Waals surface area (Å²) in [6.07, 6.45) is 1.38. The van der Waals surface area contributed by atoms with Crippen molar-refractivity contribution in [2.75, 3.05) is 9.80 Å². The van der Waals surface area contributed by atoms with E-state index < -0.39 is 16.7 Å². The van der Waals surface area contributed by atoms with Gasteiger partial charge in [0.1, 0.15) is 17.1 Å². The third-order valence-electron chi connectivity index (χ3n) is 5.55. The molecule has 0 spiro atoms. The molecule has 2 heterocycles. The van der Waals surface area contributed by atoms with Gasteiger partial charge in [-0.3, -0.25) is 29.5 Å². The molecular weight excluding hydrogens is 478 g/mol. The maximum Gasteiger partial charge on any atom is 0.270 e. The second-order valence-electron chi connectivity index (χ2n) is 7.80. The lowest BCUT2D eigenvalue weighted by molar-refractivity contribution is -0.384. The molecule has 1 aromatic heterocycles. The van der Waals surface area contributed by atoms with Crippen LogP contribution in [0.1, 0.15) is 5.76 Å². The van der Waals surface area contributed by atoms with Gasteiger partial charge in [-0.05, 0) is 66.8 Å². The monoisotopic (exact) mass is 495 g/mol. The largest absolute Gasteiger partial charge is 0.457 e. The molecule has 3 aromatic carbocycles. The average Bonchev–Trinajstić information content (AvgIpc) is 3.37. The predicted molar refractivity (Wildman–Crippen MR) is 139 cm³/mol. The number of carbonyl (C=O) groups excluding carboxylic acids is 2. The highest BCUT2D eigenvalue weighted by atomic mass is 32.1. The Morgan fingerprint density at radius 2 is 1.28 bits per heavy atom. The fraction of sp³-hybridized carbons (Fsp3) is 0. The number of nitrogens with zero attached hydrogens (tertiary/aromatic N) is 3. The van der Waals surface area contributed by atoms with Gasteiger partial charge in [-0.15, -0.1) is 0 Å². The minimum absolute atomic E-state index is 0.0379. The number of non-ortho nitro benzene ring substituents is 1. The smallest absolute Gasteiger partial charge is 0.270 e. The molecule has 0 radical (unpaired) electrons. The molecule has 1 aliphatic rings. The van der Waals surface area contributed by atoms with E-state index >= 15 is 0 Å². The van der Waals surface area contributed by atoms with Crippen molar-refractivity contribution in [3.05, 3.63) is 119 Å². The fourth-order valence-electron chi connectivity index (χ4n) is 3.81. The summed E-state index contributed by atoms with van der Waals surface area (Å²) in [5.41, 5.74) is 1.50. The van der Waals surface area contributed by atoms with Crippen molar-refractivity contribution < 1.29 is 18.9 Å². The molecule has 176 valence electrons. The number of carbonyl (C=O) groups is 2. The van der Waals surface area contributed by atoms with Crippen molar-refractivity contribution in [1.29, 1.82) is 0 Å². The number of hydrogen-bond donors (Lipinski definition) is 0. The van der Waals surface area contributed by atoms with Crippen LogP contribution in [0.3, 0.4) is 0 Å². The van der Waals surface area contributed by atoms with Crippen LogP contribution < -0.4 is 9.80 Å². The van der Waals surface area contributed by atoms with Gasteiger partial charge in [0.05, 0.1) is 16.3 Å². The van der Waals surface area contributed by atoms with E-state index in [0.29, 0.717) is 22.7 Å². The molecule has 0 atom stereocenters. The van der Waals surface area contributed by atoms with Crippen LogP contribution in [0.5, 0.6) is 0 Å². The maximum absolute atomic E-state index is 13.5. The molecule has 0 unspecified atom stereocenters. The summed E-state index contributed by atoms with van der Waals surface area (Å²) in [6, 6.07) is 26.9. The molecule has 8 nitrogen and oxygen atoms in total. The third-order valence-corrected chi connectivity index (χ3v) is 5.92. The molecule has 0 N–H and O–H groups in total. The molecule has 0 bridgehead atoms. The molecule has 1 fully saturated rings. The van der Waals surface area contributed by atoms with Crippen LogP contribution in [0.15, 0.2) is 107 Å². The van der Waals surface area contributed by atoms with Gasteiger partial charge in [-0.25, -0.2) is 0 Å². The number of furan rings is 1. The van der Waals surface area contributed by atoms with Crippen molar-refractivity contribution in [3.8, 4) is 11.3 Å². The van der Waals surface area contributed by atoms with Crippen LogP contribution in [0.25, 0.3) is 17.4 Å². The number of nitro benzene ring substituents is 1. The summed E-state index contributed by atoms with van der Waals surface area (Å²) in [5.74, 6) is -0.440. The SMILES string of the molecule is O=C1C(=Cc2ccc(-c3ccc([N+](=O)[O-])cc3)o2)C(=O)N(c2ccccc2)C(=S)N1c1ccccc1. The lowest BCUT2D eigenvalue weighted by Gasteiger charge is -2.36. The Kier molecular flexibility index (Phi) is 5.97. The van der Waals surface area contributed by atoms with E-state index in [4.69, 9.17) is 16.6 Å². The number of thiocarbonyl (C=S) groups is 1. The first-order valence-electron chi connectivity index (χ1n) is 10.8. The molecule has 0 aliphatic carbocycles. The average molecular weight is 496 g/mol. The van der Waals surface area contributed by atoms with Gasteiger partial charge in [-0.1, -0.05) is 36.4 Å². The lowest BCUT2D eigenvalue weighted by Crippen LogP contribution is -2.56. The summed E-state index contributed by atoms with van der Waals surface area (Å²) in [7, 11) is 0. The van der Waals surface area contributed by atoms with Gasteiger partial charge in [0.15, 0.2) is 5.11 Å². The van der Waals surface area contributed by atoms with Gasteiger partial charge in [0, 0.05) is 17.7 Å². The highest BCUT2D eigenvalue weighted by Crippen LogP contribution is 2.31. The van der Waals surface area contributed by atoms with Crippen LogP contribution in [-0.4, -0.2) is 21.9 Å². The van der Waals surface area contributed by atoms with E-state index in [1.807, 2.05) is 12.1 Å². The number of benzene rings is 3. The summed E-state index contributed by atoms with van der Waals surface area (Å²) in [6.45, 7) is 0. The number of amides is 2. The standard InChI is InChI=1S/C27H17N3O5S/c31-25-23(17-22-15-16-24(35-22)18-11-13-21(14-12-18)30(33)34)26(32)29(20-9-5-2-6-10-20)27(36)28(25)19-7-3-1-4-8-19/h1-17H. The number of nitro groups is 1. The minimum Gasteiger partial charge on any atom is -0.457 e. The fourth-order valence-corrected chi connectivity index (χ4v) is 4.19. The highest BCUT2D eigenvalue weighted by molar-refractivity contribution is 7.81. The second kappa shape index (κ2) is 9.40. The minimum atomic E-state index is -0.573. The molecule has 0 saturated carbocycles. The van der Waals surface area contributed by atoms with Gasteiger partial charge < -0.3 is 4.42 Å². The predicted octanol–water partition coefficient (Wildman–Crippen LogP) is 5.60. The van der Waals surface area contributed by atoms with E-state index in [0.717, 1.165) is 0 Å². The van der Waals surface area contributed by atoms with Gasteiger partial charge >= 0.3 is 0 Å². The topological polar surface area (TPSA) is 96.9 Å². The van der Waals surface area contributed by atoms with E-state index in [9.17, 15) is 19.7 Å². The quantitative estimate of drug-likeness (QED) is 0.118. The Balaban J connectivity index is 1.55. The first-order chi connectivity index (χ1) is 17.4. The van der Waals surface area contributed by atoms with Crippen LogP contribution in [-0.2, 0) is 9.59 Å². The van der Waals surface area contributed by atoms with Crippen LogP contribution >= 0.6 is 12.2 Å². The molecule has 5 rings (SSSR count). The molecular formula is C27H17N3O5S. The zero-order chi connectivity index (χ0) is 25.2. The van der Waals surface area contributed by atoms with Crippen molar-refractivity contribution in [1.82, 2.24) is 0 Å². The van der Waals surface area contributed by atoms with E-state index in [1.54, 1.807) is 72.8 Å². The Morgan fingerprint density at radius 1 is 0.750 bits per heavy atom. The first kappa shape index (κ1) is 22.9. The van der Waals surface area contributed by atoms with Crippen molar-refractivity contribution in [3.63, 3.8) is 0 Å². The summed E-state index contributed by atoms with van der Waals surface area (Å²) < 4.78 is 5.86. The summed E-state index contributed by atoms with van der Waals surface area (Å²) >= 11 is 5.59. The molecule has 4 aromatic rings. The molecule has 36 heavy (non-hydrogen) atoms. The Hall–Kier alpha value is -4.89. The summed E-state index contributed by atoms with van der Waals surface area (Å²) in [4.78, 5) is 40.1. The lowest BCUT2D eigenvalue weighted by atomic mass is 10.1. The van der Waals surface area contributed by atoms with Crippen molar-refractivity contribution >= 4 is 52.3 Å². The van der Waals surface area contributed by atoms with Gasteiger partial charge in [0.2, 0.25) is 0 Å². The number of rotatable bonds is 5. The molecule has 1 saturated heterocycles. The van der Waals surface area contributed by atoms with Crippen LogP contribution in [0.4, 0.5) is 17.1 Å². The maximum atomic E-state index is 13.5. The van der Waals surface area contributed by atoms with Crippen molar-refractivity contribution in [2.45, 2.75) is 0 Å². The van der Waals surface area contributed by atoms with E-state index in [1.165, 1.54) is 28.0 Å². The van der Waals surface area contributed by atoms with Gasteiger partial charge in [0.25, 0.3) is 17.5 Å². The van der Waals surface area contributed by atoms with Crippen LogP contribution in [0, 0.1) is 10.1 Å². The van der Waals surface area contributed by atoms with Crippen LogP contribution in [0.2, 0.25) is 0 Å². The molecule has 1 aliphatic heterocycles. The van der Waals surface area contributed by atoms with E-state index in [-0.39, 0.29) is 22.1 Å². The molecule has 9 heteroatoms. The first-order valence-corrected chi connectivity index (χ1v) is 11.2. The zero-order valence-electron chi connectivity index (χ0n) is 18.6. The Morgan fingerprint density at radius 3 is 1.78 bits per heavy atom. The third kappa shape index (κ3) is 4.19. The molecule has 2 amide bonds. The Bertz CT molecular complexity index is 1450. The number of hydrogen-bond acceptors (Lipinski definition) is 6. The highest BCUT2D eigenvalue weighted by Gasteiger charge is 2.41. The normalized spacial score (nSPS) is 13.8.